The Balaban J connectivity index is 3.22. The summed E-state index contributed by atoms with van der Waals surface area (Å²) in [4.78, 5) is 6.20. The molecule has 0 aromatic heterocycles. The van der Waals surface area contributed by atoms with Gasteiger partial charge in [-0.05, 0) is 32.9 Å². The zero-order valence-electron chi connectivity index (χ0n) is 13.7. The fourth-order valence-electron chi connectivity index (χ4n) is 2.04. The van der Waals surface area contributed by atoms with Crippen LogP contribution in [0.25, 0.3) is 0 Å². The summed E-state index contributed by atoms with van der Waals surface area (Å²) in [5.41, 5.74) is 6.90. The van der Waals surface area contributed by atoms with E-state index >= 15 is 0 Å². The molecule has 0 saturated carbocycles. The molecule has 0 aliphatic rings. The van der Waals surface area contributed by atoms with Crippen LogP contribution >= 0.6 is 0 Å². The van der Waals surface area contributed by atoms with Gasteiger partial charge in [-0.1, -0.05) is 0 Å². The second-order valence-corrected chi connectivity index (χ2v) is 4.57. The van der Waals surface area contributed by atoms with Crippen molar-refractivity contribution in [1.29, 1.82) is 10.5 Å². The minimum absolute atomic E-state index is 0.109. The zero-order chi connectivity index (χ0) is 17.2. The molecule has 0 unspecified atom stereocenters. The lowest BCUT2D eigenvalue weighted by Crippen LogP contribution is -2.21. The predicted octanol–water partition coefficient (Wildman–Crippen LogP) is 2.57. The summed E-state index contributed by atoms with van der Waals surface area (Å²) in [6.45, 7) is 8.40. The molecule has 120 valence electrons. The van der Waals surface area contributed by atoms with Crippen LogP contribution in [0, 0.1) is 22.7 Å². The minimum atomic E-state index is -0.207. The predicted molar refractivity (Wildman–Crippen MR) is 91.2 cm³/mol. The number of benzene rings is 1. The van der Waals surface area contributed by atoms with Gasteiger partial charge in [0.05, 0.1) is 6.61 Å². The van der Waals surface area contributed by atoms with E-state index in [2.05, 4.69) is 23.7 Å². The molecule has 0 atom stereocenters. The fourth-order valence-corrected chi connectivity index (χ4v) is 2.04. The van der Waals surface area contributed by atoms with Crippen molar-refractivity contribution in [2.45, 2.75) is 20.8 Å². The lowest BCUT2D eigenvalue weighted by atomic mass is 10.1. The first-order valence-corrected chi connectivity index (χ1v) is 7.46. The highest BCUT2D eigenvalue weighted by Crippen LogP contribution is 2.25. The molecule has 0 bridgehead atoms. The van der Waals surface area contributed by atoms with Crippen LogP contribution in [0.5, 0.6) is 5.75 Å². The van der Waals surface area contributed by atoms with Crippen LogP contribution in [-0.2, 0) is 0 Å². The second-order valence-electron chi connectivity index (χ2n) is 4.57. The van der Waals surface area contributed by atoms with Crippen LogP contribution in [0.2, 0.25) is 0 Å². The number of rotatable bonds is 7. The Hall–Kier alpha value is -2.99. The van der Waals surface area contributed by atoms with Crippen LogP contribution in [-0.4, -0.2) is 25.9 Å². The molecule has 0 radical (unpaired) electrons. The standard InChI is InChI=1S/C17H21N5O/c1-4-22(5-2)14-8-7-13(17(9-14)23-6-3)12-21-16(11-19)15(20)10-18/h7-9,12H,4-6,20H2,1-3H3/b16-15-,21-12?. The molecule has 0 saturated heterocycles. The zero-order valence-corrected chi connectivity index (χ0v) is 13.7. The summed E-state index contributed by atoms with van der Waals surface area (Å²) in [7, 11) is 0. The number of ether oxygens (including phenoxy) is 1. The van der Waals surface area contributed by atoms with E-state index in [1.54, 1.807) is 6.07 Å². The number of nitriles is 2. The molecular formula is C17H21N5O. The van der Waals surface area contributed by atoms with Crippen LogP contribution in [0.4, 0.5) is 5.69 Å². The third-order valence-electron chi connectivity index (χ3n) is 3.24. The lowest BCUT2D eigenvalue weighted by molar-refractivity contribution is 0.340. The van der Waals surface area contributed by atoms with Crippen molar-refractivity contribution in [3.63, 3.8) is 0 Å². The highest BCUT2D eigenvalue weighted by atomic mass is 16.5. The molecule has 0 aliphatic carbocycles. The van der Waals surface area contributed by atoms with Crippen LogP contribution < -0.4 is 15.4 Å². The number of hydrogen-bond acceptors (Lipinski definition) is 6. The largest absolute Gasteiger partial charge is 0.493 e. The number of anilines is 1. The van der Waals surface area contributed by atoms with Gasteiger partial charge in [-0.15, -0.1) is 0 Å². The van der Waals surface area contributed by atoms with Gasteiger partial charge < -0.3 is 15.4 Å². The number of allylic oxidation sites excluding steroid dienone is 2. The number of aliphatic imine (C=N–C) groups is 1. The number of nitrogens with zero attached hydrogens (tertiary/aromatic N) is 4. The summed E-state index contributed by atoms with van der Waals surface area (Å²) in [5.74, 6) is 0.675. The van der Waals surface area contributed by atoms with Crippen molar-refractivity contribution in [1.82, 2.24) is 0 Å². The molecule has 2 N–H and O–H groups in total. The maximum Gasteiger partial charge on any atom is 0.174 e. The summed E-state index contributed by atoms with van der Waals surface area (Å²) < 4.78 is 5.66. The van der Waals surface area contributed by atoms with E-state index in [-0.39, 0.29) is 11.4 Å². The first kappa shape index (κ1) is 18.1. The molecule has 1 rings (SSSR count). The molecule has 0 amide bonds. The highest BCUT2D eigenvalue weighted by molar-refractivity contribution is 5.85. The Morgan fingerprint density at radius 2 is 1.96 bits per heavy atom. The van der Waals surface area contributed by atoms with Crippen molar-refractivity contribution < 1.29 is 4.74 Å². The van der Waals surface area contributed by atoms with Crippen molar-refractivity contribution in [2.24, 2.45) is 10.7 Å². The summed E-state index contributed by atoms with van der Waals surface area (Å²) in [5, 5.41) is 17.7. The number of hydrogen-bond donors (Lipinski definition) is 1. The monoisotopic (exact) mass is 311 g/mol. The second kappa shape index (κ2) is 9.11. The molecule has 0 spiro atoms. The van der Waals surface area contributed by atoms with E-state index in [0.29, 0.717) is 12.4 Å². The quantitative estimate of drug-likeness (QED) is 0.616. The lowest BCUT2D eigenvalue weighted by Gasteiger charge is -2.22. The minimum Gasteiger partial charge on any atom is -0.493 e. The smallest absolute Gasteiger partial charge is 0.174 e. The Bertz CT molecular complexity index is 675. The summed E-state index contributed by atoms with van der Waals surface area (Å²) in [6.07, 6.45) is 1.49. The molecular weight excluding hydrogens is 290 g/mol. The average molecular weight is 311 g/mol. The molecule has 0 fully saturated rings. The normalized spacial score (nSPS) is 11.5. The molecule has 23 heavy (non-hydrogen) atoms. The number of nitrogens with two attached hydrogens (primary N) is 1. The molecule has 0 aliphatic heterocycles. The van der Waals surface area contributed by atoms with Gasteiger partial charge in [0.15, 0.2) is 5.70 Å². The van der Waals surface area contributed by atoms with Crippen molar-refractivity contribution in [2.75, 3.05) is 24.6 Å². The van der Waals surface area contributed by atoms with E-state index < -0.39 is 0 Å². The van der Waals surface area contributed by atoms with Gasteiger partial charge >= 0.3 is 0 Å². The van der Waals surface area contributed by atoms with Gasteiger partial charge in [0.2, 0.25) is 0 Å². The third kappa shape index (κ3) is 4.76. The summed E-state index contributed by atoms with van der Waals surface area (Å²) >= 11 is 0. The van der Waals surface area contributed by atoms with E-state index in [1.165, 1.54) is 6.21 Å². The van der Waals surface area contributed by atoms with E-state index in [4.69, 9.17) is 21.0 Å². The maximum atomic E-state index is 8.97. The maximum absolute atomic E-state index is 8.97. The van der Waals surface area contributed by atoms with Crippen molar-refractivity contribution >= 4 is 11.9 Å². The first-order chi connectivity index (χ1) is 11.1. The average Bonchev–Trinajstić information content (AvgIpc) is 2.58. The topological polar surface area (TPSA) is 98.4 Å². The first-order valence-electron chi connectivity index (χ1n) is 7.46. The van der Waals surface area contributed by atoms with E-state index in [1.807, 2.05) is 31.2 Å². The molecule has 0 heterocycles. The Kier molecular flexibility index (Phi) is 7.16. The van der Waals surface area contributed by atoms with E-state index in [9.17, 15) is 0 Å². The summed E-state index contributed by atoms with van der Waals surface area (Å²) in [6, 6.07) is 9.31. The van der Waals surface area contributed by atoms with Crippen molar-refractivity contribution in [3.05, 3.63) is 35.2 Å². The van der Waals surface area contributed by atoms with Gasteiger partial charge in [0.1, 0.15) is 23.6 Å². The molecule has 6 heteroatoms. The third-order valence-corrected chi connectivity index (χ3v) is 3.24. The fraction of sp³-hybridized carbons (Fsp3) is 0.353. The van der Waals surface area contributed by atoms with E-state index in [0.717, 1.165) is 24.3 Å². The van der Waals surface area contributed by atoms with Crippen LogP contribution in [0.1, 0.15) is 26.3 Å². The Morgan fingerprint density at radius 1 is 1.26 bits per heavy atom. The van der Waals surface area contributed by atoms with Crippen LogP contribution in [0.15, 0.2) is 34.6 Å². The van der Waals surface area contributed by atoms with Gasteiger partial charge in [0.25, 0.3) is 0 Å². The van der Waals surface area contributed by atoms with Gasteiger partial charge in [0, 0.05) is 36.6 Å². The SMILES string of the molecule is CCOc1cc(N(CC)CC)ccc1C=N/C(C#N)=C(\N)C#N. The van der Waals surface area contributed by atoms with Crippen LogP contribution in [0.3, 0.4) is 0 Å². The van der Waals surface area contributed by atoms with Gasteiger partial charge in [-0.2, -0.15) is 10.5 Å². The molecule has 1 aromatic rings. The Labute approximate surface area is 137 Å². The van der Waals surface area contributed by atoms with Crippen molar-refractivity contribution in [3.8, 4) is 17.9 Å². The van der Waals surface area contributed by atoms with Gasteiger partial charge in [-0.25, -0.2) is 4.99 Å². The van der Waals surface area contributed by atoms with Gasteiger partial charge in [-0.3, -0.25) is 0 Å². The highest BCUT2D eigenvalue weighted by Gasteiger charge is 2.08. The molecule has 1 aromatic carbocycles. The molecule has 6 nitrogen and oxygen atoms in total. The Morgan fingerprint density at radius 3 is 2.48 bits per heavy atom.